The SMILES string of the molecule is COc1ccc(NC(=O)[C@@H](C)N(c2ccc(C)c(Cl)c2)S(C)(=O)=O)cc1. The number of anilines is 2. The van der Waals surface area contributed by atoms with Gasteiger partial charge in [-0.2, -0.15) is 0 Å². The number of hydrogen-bond donors (Lipinski definition) is 1. The Bertz CT molecular complexity index is 898. The van der Waals surface area contributed by atoms with Gasteiger partial charge in [0.05, 0.1) is 19.1 Å². The fourth-order valence-corrected chi connectivity index (χ4v) is 3.79. The van der Waals surface area contributed by atoms with Crippen molar-refractivity contribution in [2.45, 2.75) is 19.9 Å². The average molecular weight is 397 g/mol. The quantitative estimate of drug-likeness (QED) is 0.811. The number of carbonyl (C=O) groups excluding carboxylic acids is 1. The number of benzene rings is 2. The zero-order valence-corrected chi connectivity index (χ0v) is 16.6. The second kappa shape index (κ2) is 7.97. The van der Waals surface area contributed by atoms with Crippen LogP contribution in [0.15, 0.2) is 42.5 Å². The van der Waals surface area contributed by atoms with Gasteiger partial charge in [0.15, 0.2) is 0 Å². The Morgan fingerprint density at radius 1 is 1.19 bits per heavy atom. The number of methoxy groups -OCH3 is 1. The Balaban J connectivity index is 2.29. The van der Waals surface area contributed by atoms with Crippen LogP contribution < -0.4 is 14.4 Å². The maximum Gasteiger partial charge on any atom is 0.247 e. The molecule has 2 rings (SSSR count). The highest BCUT2D eigenvalue weighted by atomic mass is 35.5. The van der Waals surface area contributed by atoms with Gasteiger partial charge >= 0.3 is 0 Å². The molecule has 0 aliphatic heterocycles. The van der Waals surface area contributed by atoms with Crippen molar-refractivity contribution in [3.05, 3.63) is 53.1 Å². The highest BCUT2D eigenvalue weighted by molar-refractivity contribution is 7.92. The van der Waals surface area contributed by atoms with E-state index in [1.54, 1.807) is 43.5 Å². The Morgan fingerprint density at radius 2 is 1.81 bits per heavy atom. The van der Waals surface area contributed by atoms with E-state index in [-0.39, 0.29) is 0 Å². The van der Waals surface area contributed by atoms with E-state index in [9.17, 15) is 13.2 Å². The van der Waals surface area contributed by atoms with E-state index in [1.165, 1.54) is 13.0 Å². The van der Waals surface area contributed by atoms with Crippen molar-refractivity contribution in [1.29, 1.82) is 0 Å². The molecule has 1 N–H and O–H groups in total. The van der Waals surface area contributed by atoms with Crippen LogP contribution in [0.4, 0.5) is 11.4 Å². The Kier molecular flexibility index (Phi) is 6.15. The molecule has 1 atom stereocenters. The molecule has 140 valence electrons. The minimum absolute atomic E-state index is 0.334. The summed E-state index contributed by atoms with van der Waals surface area (Å²) < 4.78 is 30.7. The van der Waals surface area contributed by atoms with Crippen LogP contribution in [0.3, 0.4) is 0 Å². The van der Waals surface area contributed by atoms with Crippen molar-refractivity contribution in [1.82, 2.24) is 0 Å². The second-order valence-corrected chi connectivity index (χ2v) is 8.15. The molecule has 0 aliphatic carbocycles. The minimum Gasteiger partial charge on any atom is -0.497 e. The molecular formula is C18H21ClN2O4S. The van der Waals surface area contributed by atoms with Crippen LogP contribution in [0.1, 0.15) is 12.5 Å². The molecule has 0 aliphatic rings. The zero-order valence-electron chi connectivity index (χ0n) is 15.0. The molecule has 2 aromatic carbocycles. The smallest absolute Gasteiger partial charge is 0.247 e. The van der Waals surface area contributed by atoms with Crippen LogP contribution in [-0.2, 0) is 14.8 Å². The van der Waals surface area contributed by atoms with Gasteiger partial charge < -0.3 is 10.1 Å². The maximum atomic E-state index is 12.6. The molecule has 0 saturated carbocycles. The minimum atomic E-state index is -3.70. The van der Waals surface area contributed by atoms with Gasteiger partial charge in [0.1, 0.15) is 11.8 Å². The fourth-order valence-electron chi connectivity index (χ4n) is 2.45. The maximum absolute atomic E-state index is 12.6. The van der Waals surface area contributed by atoms with Gasteiger partial charge in [0.25, 0.3) is 0 Å². The third kappa shape index (κ3) is 4.68. The van der Waals surface area contributed by atoms with E-state index < -0.39 is 22.0 Å². The lowest BCUT2D eigenvalue weighted by molar-refractivity contribution is -0.116. The van der Waals surface area contributed by atoms with Gasteiger partial charge in [-0.15, -0.1) is 0 Å². The highest BCUT2D eigenvalue weighted by Crippen LogP contribution is 2.27. The normalized spacial score (nSPS) is 12.3. The van der Waals surface area contributed by atoms with Crippen molar-refractivity contribution in [3.8, 4) is 5.75 Å². The summed E-state index contributed by atoms with van der Waals surface area (Å²) in [6, 6.07) is 10.7. The molecule has 0 bridgehead atoms. The lowest BCUT2D eigenvalue weighted by Crippen LogP contribution is -2.45. The Labute approximate surface area is 158 Å². The number of ether oxygens (including phenoxy) is 1. The van der Waals surface area contributed by atoms with Crippen molar-refractivity contribution in [3.63, 3.8) is 0 Å². The number of amides is 1. The number of aryl methyl sites for hydroxylation is 1. The van der Waals surface area contributed by atoms with Crippen molar-refractivity contribution < 1.29 is 17.9 Å². The lowest BCUT2D eigenvalue weighted by atomic mass is 10.2. The number of nitrogens with one attached hydrogen (secondary N) is 1. The highest BCUT2D eigenvalue weighted by Gasteiger charge is 2.29. The molecule has 8 heteroatoms. The van der Waals surface area contributed by atoms with Gasteiger partial charge in [-0.05, 0) is 55.8 Å². The third-order valence-electron chi connectivity index (χ3n) is 3.86. The largest absolute Gasteiger partial charge is 0.497 e. The molecule has 0 heterocycles. The van der Waals surface area contributed by atoms with E-state index >= 15 is 0 Å². The average Bonchev–Trinajstić information content (AvgIpc) is 2.57. The first-order chi connectivity index (χ1) is 12.1. The summed E-state index contributed by atoms with van der Waals surface area (Å²) in [5, 5.41) is 3.14. The van der Waals surface area contributed by atoms with E-state index in [2.05, 4.69) is 5.32 Å². The van der Waals surface area contributed by atoms with Gasteiger partial charge in [-0.3, -0.25) is 9.10 Å². The Hall–Kier alpha value is -2.25. The monoisotopic (exact) mass is 396 g/mol. The van der Waals surface area contributed by atoms with Crippen molar-refractivity contribution >= 4 is 38.9 Å². The standard InChI is InChI=1S/C18H21ClN2O4S/c1-12-5-8-15(11-17(12)19)21(26(4,23)24)13(2)18(22)20-14-6-9-16(25-3)10-7-14/h5-11,13H,1-4H3,(H,20,22)/t13-/m1/s1. The first kappa shape index (κ1) is 20.1. The summed E-state index contributed by atoms with van der Waals surface area (Å²) >= 11 is 6.12. The van der Waals surface area contributed by atoms with Gasteiger partial charge in [-0.25, -0.2) is 8.42 Å². The summed E-state index contributed by atoms with van der Waals surface area (Å²) in [7, 11) is -2.15. The number of hydrogen-bond acceptors (Lipinski definition) is 4. The third-order valence-corrected chi connectivity index (χ3v) is 5.50. The van der Waals surface area contributed by atoms with Gasteiger partial charge in [-0.1, -0.05) is 17.7 Å². The number of rotatable bonds is 6. The number of nitrogens with zero attached hydrogens (tertiary/aromatic N) is 1. The summed E-state index contributed by atoms with van der Waals surface area (Å²) in [6.45, 7) is 3.34. The van der Waals surface area contributed by atoms with Crippen molar-refractivity contribution in [2.75, 3.05) is 23.0 Å². The van der Waals surface area contributed by atoms with Crippen molar-refractivity contribution in [2.24, 2.45) is 0 Å². The molecule has 0 spiro atoms. The molecule has 2 aromatic rings. The van der Waals surface area contributed by atoms with Crippen LogP contribution in [0.25, 0.3) is 0 Å². The van der Waals surface area contributed by atoms with Crippen LogP contribution in [0.5, 0.6) is 5.75 Å². The summed E-state index contributed by atoms with van der Waals surface area (Å²) in [5.41, 5.74) is 1.69. The zero-order chi connectivity index (χ0) is 19.5. The molecule has 6 nitrogen and oxygen atoms in total. The molecule has 26 heavy (non-hydrogen) atoms. The second-order valence-electron chi connectivity index (χ2n) is 5.89. The summed E-state index contributed by atoms with van der Waals surface area (Å²) in [5.74, 6) is 0.195. The molecular weight excluding hydrogens is 376 g/mol. The molecule has 0 unspecified atom stereocenters. The number of carbonyl (C=O) groups is 1. The van der Waals surface area contributed by atoms with Crippen LogP contribution in [0, 0.1) is 6.92 Å². The molecule has 1 amide bonds. The molecule has 0 aromatic heterocycles. The van der Waals surface area contributed by atoms with E-state index in [0.29, 0.717) is 22.1 Å². The van der Waals surface area contributed by atoms with Crippen LogP contribution in [0.2, 0.25) is 5.02 Å². The van der Waals surface area contributed by atoms with Crippen LogP contribution in [-0.4, -0.2) is 33.7 Å². The molecule has 0 saturated heterocycles. The Morgan fingerprint density at radius 3 is 2.31 bits per heavy atom. The summed E-state index contributed by atoms with van der Waals surface area (Å²) in [6.07, 6.45) is 1.05. The lowest BCUT2D eigenvalue weighted by Gasteiger charge is -2.28. The predicted octanol–water partition coefficient (Wildman–Crippen LogP) is 3.45. The molecule has 0 fully saturated rings. The van der Waals surface area contributed by atoms with Gasteiger partial charge in [0, 0.05) is 10.7 Å². The first-order valence-electron chi connectivity index (χ1n) is 7.84. The van der Waals surface area contributed by atoms with Gasteiger partial charge in [0.2, 0.25) is 15.9 Å². The summed E-state index contributed by atoms with van der Waals surface area (Å²) in [4.78, 5) is 12.6. The first-order valence-corrected chi connectivity index (χ1v) is 10.1. The van der Waals surface area contributed by atoms with E-state index in [1.807, 2.05) is 6.92 Å². The van der Waals surface area contributed by atoms with E-state index in [4.69, 9.17) is 16.3 Å². The number of sulfonamides is 1. The fraction of sp³-hybridized carbons (Fsp3) is 0.278. The molecule has 0 radical (unpaired) electrons. The van der Waals surface area contributed by atoms with E-state index in [0.717, 1.165) is 16.1 Å². The number of halogens is 1. The van der Waals surface area contributed by atoms with Crippen LogP contribution >= 0.6 is 11.6 Å². The predicted molar refractivity (Wildman–Crippen MR) is 105 cm³/mol. The topological polar surface area (TPSA) is 75.7 Å².